The maximum absolute atomic E-state index is 11.9. The van der Waals surface area contributed by atoms with Gasteiger partial charge in [-0.1, -0.05) is 12.8 Å². The van der Waals surface area contributed by atoms with E-state index in [0.717, 1.165) is 37.2 Å². The Labute approximate surface area is 107 Å². The molecule has 1 heterocycles. The van der Waals surface area contributed by atoms with Crippen LogP contribution in [0.15, 0.2) is 16.5 Å². The zero-order valence-electron chi connectivity index (χ0n) is 11.0. The highest BCUT2D eigenvalue weighted by Crippen LogP contribution is 2.32. The van der Waals surface area contributed by atoms with E-state index in [9.17, 15) is 9.90 Å². The van der Waals surface area contributed by atoms with Crippen molar-refractivity contribution in [1.29, 1.82) is 0 Å². The maximum atomic E-state index is 11.9. The first-order valence-corrected chi connectivity index (χ1v) is 6.57. The van der Waals surface area contributed by atoms with E-state index >= 15 is 0 Å². The van der Waals surface area contributed by atoms with Crippen LogP contribution in [-0.2, 0) is 4.79 Å². The number of nitrogens with one attached hydrogen (secondary N) is 1. The molecule has 2 N–H and O–H groups in total. The molecule has 0 aromatic carbocycles. The standard InChI is InChI=1S/C14H21NO3/c1-10-5-6-12(18-10)11(2)15-13(16)9-14(17)7-3-4-8-14/h5-6,11,17H,3-4,7-9H2,1-2H3,(H,15,16). The van der Waals surface area contributed by atoms with Gasteiger partial charge < -0.3 is 14.8 Å². The smallest absolute Gasteiger partial charge is 0.223 e. The van der Waals surface area contributed by atoms with Crippen molar-refractivity contribution in [2.45, 2.75) is 57.6 Å². The van der Waals surface area contributed by atoms with Gasteiger partial charge in [-0.3, -0.25) is 4.79 Å². The number of amides is 1. The third-order valence-electron chi connectivity index (χ3n) is 3.59. The van der Waals surface area contributed by atoms with Crippen molar-refractivity contribution in [2.75, 3.05) is 0 Å². The van der Waals surface area contributed by atoms with Crippen molar-refractivity contribution in [3.63, 3.8) is 0 Å². The highest BCUT2D eigenvalue weighted by atomic mass is 16.3. The Morgan fingerprint density at radius 1 is 1.50 bits per heavy atom. The molecule has 1 unspecified atom stereocenters. The molecule has 1 aliphatic carbocycles. The Kier molecular flexibility index (Phi) is 3.76. The van der Waals surface area contributed by atoms with Gasteiger partial charge in [-0.05, 0) is 38.8 Å². The molecule has 1 fully saturated rings. The van der Waals surface area contributed by atoms with Crippen molar-refractivity contribution in [3.05, 3.63) is 23.7 Å². The van der Waals surface area contributed by atoms with Gasteiger partial charge >= 0.3 is 0 Å². The molecule has 2 rings (SSSR count). The lowest BCUT2D eigenvalue weighted by Gasteiger charge is -2.22. The molecular weight excluding hydrogens is 230 g/mol. The van der Waals surface area contributed by atoms with Crippen LogP contribution in [-0.4, -0.2) is 16.6 Å². The van der Waals surface area contributed by atoms with Crippen LogP contribution in [0.2, 0.25) is 0 Å². The van der Waals surface area contributed by atoms with Crippen LogP contribution in [0.4, 0.5) is 0 Å². The summed E-state index contributed by atoms with van der Waals surface area (Å²) in [5, 5.41) is 13.0. The molecule has 0 radical (unpaired) electrons. The topological polar surface area (TPSA) is 62.5 Å². The maximum Gasteiger partial charge on any atom is 0.223 e. The third kappa shape index (κ3) is 3.13. The SMILES string of the molecule is Cc1ccc(C(C)NC(=O)CC2(O)CCCC2)o1. The molecular formula is C14H21NO3. The van der Waals surface area contributed by atoms with E-state index in [1.807, 2.05) is 26.0 Å². The van der Waals surface area contributed by atoms with Gasteiger partial charge in [0.2, 0.25) is 5.91 Å². The first kappa shape index (κ1) is 13.1. The van der Waals surface area contributed by atoms with Gasteiger partial charge in [0.15, 0.2) is 0 Å². The number of carbonyl (C=O) groups excluding carboxylic acids is 1. The second kappa shape index (κ2) is 5.14. The van der Waals surface area contributed by atoms with E-state index in [-0.39, 0.29) is 18.4 Å². The van der Waals surface area contributed by atoms with E-state index in [1.54, 1.807) is 0 Å². The van der Waals surface area contributed by atoms with Crippen LogP contribution in [0, 0.1) is 6.92 Å². The van der Waals surface area contributed by atoms with E-state index in [2.05, 4.69) is 5.32 Å². The average molecular weight is 251 g/mol. The molecule has 1 atom stereocenters. The molecule has 18 heavy (non-hydrogen) atoms. The fourth-order valence-corrected chi connectivity index (χ4v) is 2.56. The molecule has 1 aromatic rings. The fourth-order valence-electron chi connectivity index (χ4n) is 2.56. The summed E-state index contributed by atoms with van der Waals surface area (Å²) in [7, 11) is 0. The molecule has 1 amide bonds. The summed E-state index contributed by atoms with van der Waals surface area (Å²) < 4.78 is 5.46. The van der Waals surface area contributed by atoms with Crippen molar-refractivity contribution in [2.24, 2.45) is 0 Å². The summed E-state index contributed by atoms with van der Waals surface area (Å²) in [6.45, 7) is 3.76. The first-order valence-electron chi connectivity index (χ1n) is 6.57. The molecule has 1 saturated carbocycles. The molecule has 4 heteroatoms. The van der Waals surface area contributed by atoms with Crippen LogP contribution in [0.25, 0.3) is 0 Å². The van der Waals surface area contributed by atoms with Crippen molar-refractivity contribution in [1.82, 2.24) is 5.32 Å². The van der Waals surface area contributed by atoms with Crippen LogP contribution in [0.5, 0.6) is 0 Å². The summed E-state index contributed by atoms with van der Waals surface area (Å²) in [6.07, 6.45) is 3.67. The van der Waals surface area contributed by atoms with Gasteiger partial charge in [0.1, 0.15) is 11.5 Å². The lowest BCUT2D eigenvalue weighted by atomic mass is 9.97. The van der Waals surface area contributed by atoms with E-state index in [0.29, 0.717) is 0 Å². The molecule has 0 aliphatic heterocycles. The molecule has 0 saturated heterocycles. The minimum atomic E-state index is -0.789. The summed E-state index contributed by atoms with van der Waals surface area (Å²) in [4.78, 5) is 11.9. The molecule has 4 nitrogen and oxygen atoms in total. The number of aryl methyl sites for hydroxylation is 1. The number of hydrogen-bond acceptors (Lipinski definition) is 3. The molecule has 100 valence electrons. The van der Waals surface area contributed by atoms with Gasteiger partial charge in [0, 0.05) is 0 Å². The minimum absolute atomic E-state index is 0.110. The quantitative estimate of drug-likeness (QED) is 0.864. The number of aliphatic hydroxyl groups is 1. The van der Waals surface area contributed by atoms with E-state index < -0.39 is 5.60 Å². The largest absolute Gasteiger partial charge is 0.464 e. The van der Waals surface area contributed by atoms with E-state index in [4.69, 9.17) is 4.42 Å². The minimum Gasteiger partial charge on any atom is -0.464 e. The van der Waals surface area contributed by atoms with Crippen LogP contribution >= 0.6 is 0 Å². The van der Waals surface area contributed by atoms with Crippen molar-refractivity contribution < 1.29 is 14.3 Å². The van der Waals surface area contributed by atoms with Crippen LogP contribution in [0.3, 0.4) is 0 Å². The number of carbonyl (C=O) groups is 1. The highest BCUT2D eigenvalue weighted by Gasteiger charge is 2.33. The van der Waals surface area contributed by atoms with Crippen molar-refractivity contribution in [3.8, 4) is 0 Å². The molecule has 1 aliphatic rings. The van der Waals surface area contributed by atoms with Gasteiger partial charge in [-0.25, -0.2) is 0 Å². The third-order valence-corrected chi connectivity index (χ3v) is 3.59. The Morgan fingerprint density at radius 2 is 2.17 bits per heavy atom. The number of furan rings is 1. The summed E-state index contributed by atoms with van der Waals surface area (Å²) in [5.74, 6) is 1.47. The second-order valence-corrected chi connectivity index (χ2v) is 5.35. The zero-order chi connectivity index (χ0) is 13.2. The molecule has 1 aromatic heterocycles. The Balaban J connectivity index is 1.87. The highest BCUT2D eigenvalue weighted by molar-refractivity contribution is 5.77. The van der Waals surface area contributed by atoms with Gasteiger partial charge in [0.05, 0.1) is 18.1 Å². The van der Waals surface area contributed by atoms with E-state index in [1.165, 1.54) is 0 Å². The Bertz CT molecular complexity index is 418. The molecule has 0 spiro atoms. The van der Waals surface area contributed by atoms with Crippen LogP contribution < -0.4 is 5.32 Å². The molecule has 0 bridgehead atoms. The Morgan fingerprint density at radius 3 is 2.72 bits per heavy atom. The monoisotopic (exact) mass is 251 g/mol. The Hall–Kier alpha value is -1.29. The van der Waals surface area contributed by atoms with Gasteiger partial charge in [-0.2, -0.15) is 0 Å². The van der Waals surface area contributed by atoms with Gasteiger partial charge in [-0.15, -0.1) is 0 Å². The fraction of sp³-hybridized carbons (Fsp3) is 0.643. The normalized spacial score (nSPS) is 19.7. The summed E-state index contributed by atoms with van der Waals surface area (Å²) >= 11 is 0. The number of rotatable bonds is 4. The summed E-state index contributed by atoms with van der Waals surface area (Å²) in [5.41, 5.74) is -0.789. The second-order valence-electron chi connectivity index (χ2n) is 5.35. The predicted octanol–water partition coefficient (Wildman–Crippen LogP) is 2.46. The van der Waals surface area contributed by atoms with Gasteiger partial charge in [0.25, 0.3) is 0 Å². The zero-order valence-corrected chi connectivity index (χ0v) is 11.0. The first-order chi connectivity index (χ1) is 8.48. The summed E-state index contributed by atoms with van der Waals surface area (Å²) in [6, 6.07) is 3.59. The van der Waals surface area contributed by atoms with Crippen LogP contribution in [0.1, 0.15) is 56.6 Å². The lowest BCUT2D eigenvalue weighted by molar-refractivity contribution is -0.126. The average Bonchev–Trinajstić information content (AvgIpc) is 2.87. The predicted molar refractivity (Wildman–Crippen MR) is 68.0 cm³/mol. The number of hydrogen-bond donors (Lipinski definition) is 2. The lowest BCUT2D eigenvalue weighted by Crippen LogP contribution is -2.35. The van der Waals surface area contributed by atoms with Crippen molar-refractivity contribution >= 4 is 5.91 Å².